The fourth-order valence-electron chi connectivity index (χ4n) is 2.23. The van der Waals surface area contributed by atoms with Gasteiger partial charge < -0.3 is 4.90 Å². The van der Waals surface area contributed by atoms with E-state index in [1.165, 1.54) is 11.8 Å². The minimum absolute atomic E-state index is 0.0493. The Kier molecular flexibility index (Phi) is 5.93. The number of nitrogens with zero attached hydrogens (tertiary/aromatic N) is 3. The zero-order chi connectivity index (χ0) is 19.5. The van der Waals surface area contributed by atoms with Crippen molar-refractivity contribution in [1.82, 2.24) is 9.88 Å². The van der Waals surface area contributed by atoms with E-state index in [1.54, 1.807) is 44.4 Å². The molecule has 0 unspecified atom stereocenters. The van der Waals surface area contributed by atoms with Gasteiger partial charge in [0.05, 0.1) is 11.1 Å². The third-order valence-corrected chi connectivity index (χ3v) is 4.56. The standard InChI is InChI=1S/C18H16F3N3OS/c1-11-8-15(18(19,20)21)14(9-22)16(23-11)26-10-12-4-6-13(7-5-12)17(25)24(2)3/h4-8H,10H2,1-3H3. The Bertz CT molecular complexity index is 856. The second-order valence-electron chi connectivity index (χ2n) is 5.79. The van der Waals surface area contributed by atoms with Crippen LogP contribution < -0.4 is 0 Å². The van der Waals surface area contributed by atoms with Crippen LogP contribution in [0.5, 0.6) is 0 Å². The molecule has 1 aromatic heterocycles. The summed E-state index contributed by atoms with van der Waals surface area (Å²) in [5.74, 6) is 0.199. The fourth-order valence-corrected chi connectivity index (χ4v) is 3.24. The van der Waals surface area contributed by atoms with Crippen LogP contribution in [0.25, 0.3) is 0 Å². The van der Waals surface area contributed by atoms with Crippen molar-refractivity contribution in [3.05, 3.63) is 58.3 Å². The average molecular weight is 379 g/mol. The van der Waals surface area contributed by atoms with Crippen molar-refractivity contribution in [3.8, 4) is 6.07 Å². The third kappa shape index (κ3) is 4.55. The molecule has 2 rings (SSSR count). The maximum absolute atomic E-state index is 13.1. The predicted molar refractivity (Wildman–Crippen MR) is 92.7 cm³/mol. The number of benzene rings is 1. The monoisotopic (exact) mass is 379 g/mol. The summed E-state index contributed by atoms with van der Waals surface area (Å²) in [6.07, 6.45) is -4.61. The molecule has 0 spiro atoms. The van der Waals surface area contributed by atoms with E-state index in [2.05, 4.69) is 4.98 Å². The van der Waals surface area contributed by atoms with Gasteiger partial charge in [-0.1, -0.05) is 12.1 Å². The molecule has 0 radical (unpaired) electrons. The molecule has 0 aliphatic carbocycles. The Hall–Kier alpha value is -2.53. The molecule has 0 saturated carbocycles. The first kappa shape index (κ1) is 19.8. The molecule has 0 saturated heterocycles. The zero-order valence-electron chi connectivity index (χ0n) is 14.4. The molecule has 2 aromatic rings. The van der Waals surface area contributed by atoms with Crippen LogP contribution in [-0.4, -0.2) is 29.9 Å². The number of aromatic nitrogens is 1. The second-order valence-corrected chi connectivity index (χ2v) is 6.75. The first-order chi connectivity index (χ1) is 12.1. The van der Waals surface area contributed by atoms with Gasteiger partial charge in [-0.15, -0.1) is 11.8 Å². The van der Waals surface area contributed by atoms with Crippen molar-refractivity contribution in [2.75, 3.05) is 14.1 Å². The zero-order valence-corrected chi connectivity index (χ0v) is 15.2. The number of alkyl halides is 3. The second kappa shape index (κ2) is 7.79. The van der Waals surface area contributed by atoms with Gasteiger partial charge in [0.15, 0.2) is 0 Å². The number of carbonyl (C=O) groups is 1. The van der Waals surface area contributed by atoms with Gasteiger partial charge in [0.25, 0.3) is 5.91 Å². The molecule has 1 aromatic carbocycles. The van der Waals surface area contributed by atoms with Crippen LogP contribution in [0.3, 0.4) is 0 Å². The summed E-state index contributed by atoms with van der Waals surface area (Å²) in [5.41, 5.74) is 0.0979. The molecule has 136 valence electrons. The minimum atomic E-state index is -4.61. The molecule has 1 heterocycles. The summed E-state index contributed by atoms with van der Waals surface area (Å²) in [5, 5.41) is 9.20. The van der Waals surface area contributed by atoms with Crippen molar-refractivity contribution >= 4 is 17.7 Å². The quantitative estimate of drug-likeness (QED) is 0.745. The first-order valence-electron chi connectivity index (χ1n) is 7.55. The van der Waals surface area contributed by atoms with Crippen molar-refractivity contribution in [2.45, 2.75) is 23.9 Å². The van der Waals surface area contributed by atoms with E-state index in [4.69, 9.17) is 5.26 Å². The summed E-state index contributed by atoms with van der Waals surface area (Å²) in [7, 11) is 3.30. The van der Waals surface area contributed by atoms with Crippen LogP contribution in [0.1, 0.15) is 32.7 Å². The summed E-state index contributed by atoms with van der Waals surface area (Å²) in [6, 6.07) is 9.28. The molecule has 8 heteroatoms. The molecule has 0 aliphatic rings. The number of nitriles is 1. The van der Waals surface area contributed by atoms with Gasteiger partial charge in [-0.2, -0.15) is 18.4 Å². The van der Waals surface area contributed by atoms with Gasteiger partial charge in [-0.3, -0.25) is 4.79 Å². The predicted octanol–water partition coefficient (Wildman–Crippen LogP) is 4.27. The normalized spacial score (nSPS) is 11.1. The number of hydrogen-bond acceptors (Lipinski definition) is 4. The lowest BCUT2D eigenvalue weighted by Gasteiger charge is -2.13. The van der Waals surface area contributed by atoms with Crippen LogP contribution in [0.4, 0.5) is 13.2 Å². The molecule has 0 fully saturated rings. The summed E-state index contributed by atoms with van der Waals surface area (Å²) < 4.78 is 39.4. The number of amides is 1. The third-order valence-electron chi connectivity index (χ3n) is 3.51. The van der Waals surface area contributed by atoms with E-state index in [9.17, 15) is 18.0 Å². The maximum Gasteiger partial charge on any atom is 0.417 e. The average Bonchev–Trinajstić information content (AvgIpc) is 2.58. The highest BCUT2D eigenvalue weighted by Crippen LogP contribution is 2.36. The lowest BCUT2D eigenvalue weighted by molar-refractivity contribution is -0.138. The van der Waals surface area contributed by atoms with Crippen LogP contribution >= 0.6 is 11.8 Å². The highest BCUT2D eigenvalue weighted by molar-refractivity contribution is 7.98. The number of halogens is 3. The van der Waals surface area contributed by atoms with Crippen LogP contribution in [0, 0.1) is 18.3 Å². The van der Waals surface area contributed by atoms with Crippen molar-refractivity contribution in [3.63, 3.8) is 0 Å². The smallest absolute Gasteiger partial charge is 0.345 e. The van der Waals surface area contributed by atoms with E-state index in [1.807, 2.05) is 0 Å². The van der Waals surface area contributed by atoms with Gasteiger partial charge in [-0.05, 0) is 30.7 Å². The molecule has 26 heavy (non-hydrogen) atoms. The van der Waals surface area contributed by atoms with Gasteiger partial charge in [0.1, 0.15) is 11.1 Å². The van der Waals surface area contributed by atoms with Crippen molar-refractivity contribution in [1.29, 1.82) is 5.26 Å². The SMILES string of the molecule is Cc1cc(C(F)(F)F)c(C#N)c(SCc2ccc(C(=O)N(C)C)cc2)n1. The van der Waals surface area contributed by atoms with E-state index >= 15 is 0 Å². The summed E-state index contributed by atoms with van der Waals surface area (Å²) >= 11 is 1.06. The Morgan fingerprint density at radius 2 is 1.88 bits per heavy atom. The molecular formula is C18H16F3N3OS. The van der Waals surface area contributed by atoms with Crippen LogP contribution in [-0.2, 0) is 11.9 Å². The van der Waals surface area contributed by atoms with Crippen LogP contribution in [0.15, 0.2) is 35.4 Å². The molecule has 0 aliphatic heterocycles. The molecule has 1 amide bonds. The van der Waals surface area contributed by atoms with Crippen molar-refractivity contribution in [2.24, 2.45) is 0 Å². The highest BCUT2D eigenvalue weighted by Gasteiger charge is 2.35. The van der Waals surface area contributed by atoms with Gasteiger partial charge in [0, 0.05) is 31.1 Å². The number of thioether (sulfide) groups is 1. The molecule has 0 N–H and O–H groups in total. The summed E-state index contributed by atoms with van der Waals surface area (Å²) in [6.45, 7) is 1.46. The summed E-state index contributed by atoms with van der Waals surface area (Å²) in [4.78, 5) is 17.4. The Labute approximate surface area is 153 Å². The maximum atomic E-state index is 13.1. The molecule has 0 bridgehead atoms. The first-order valence-corrected chi connectivity index (χ1v) is 8.54. The number of carbonyl (C=O) groups excluding carboxylic acids is 1. The fraction of sp³-hybridized carbons (Fsp3) is 0.278. The Balaban J connectivity index is 2.24. The van der Waals surface area contributed by atoms with E-state index in [0.29, 0.717) is 11.3 Å². The number of hydrogen-bond donors (Lipinski definition) is 0. The largest absolute Gasteiger partial charge is 0.417 e. The lowest BCUT2D eigenvalue weighted by Crippen LogP contribution is -2.21. The molecule has 0 atom stereocenters. The molecular weight excluding hydrogens is 363 g/mol. The number of aryl methyl sites for hydroxylation is 1. The number of rotatable bonds is 4. The topological polar surface area (TPSA) is 57.0 Å². The number of pyridine rings is 1. The Morgan fingerprint density at radius 3 is 2.38 bits per heavy atom. The van der Waals surface area contributed by atoms with Gasteiger partial charge in [0.2, 0.25) is 0 Å². The van der Waals surface area contributed by atoms with Crippen LogP contribution in [0.2, 0.25) is 0 Å². The van der Waals surface area contributed by atoms with E-state index < -0.39 is 17.3 Å². The minimum Gasteiger partial charge on any atom is -0.345 e. The van der Waals surface area contributed by atoms with Crippen molar-refractivity contribution < 1.29 is 18.0 Å². The van der Waals surface area contributed by atoms with Gasteiger partial charge >= 0.3 is 6.18 Å². The molecule has 4 nitrogen and oxygen atoms in total. The Morgan fingerprint density at radius 1 is 1.27 bits per heavy atom. The van der Waals surface area contributed by atoms with E-state index in [0.717, 1.165) is 23.4 Å². The lowest BCUT2D eigenvalue weighted by atomic mass is 10.1. The van der Waals surface area contributed by atoms with E-state index in [-0.39, 0.29) is 16.6 Å². The highest BCUT2D eigenvalue weighted by atomic mass is 32.2. The van der Waals surface area contributed by atoms with Gasteiger partial charge in [-0.25, -0.2) is 4.98 Å².